The van der Waals surface area contributed by atoms with Crippen molar-refractivity contribution in [3.63, 3.8) is 0 Å². The van der Waals surface area contributed by atoms with Crippen LogP contribution in [0.2, 0.25) is 0 Å². The Hall–Kier alpha value is -4.39. The topological polar surface area (TPSA) is 165 Å². The van der Waals surface area contributed by atoms with Crippen LogP contribution in [0.15, 0.2) is 54.0 Å². The third-order valence-corrected chi connectivity index (χ3v) is 6.57. The van der Waals surface area contributed by atoms with Crippen LogP contribution in [0, 0.1) is 36.3 Å². The first-order chi connectivity index (χ1) is 17.1. The molecule has 0 amide bonds. The van der Waals surface area contributed by atoms with E-state index in [1.807, 2.05) is 34.9 Å². The lowest BCUT2D eigenvalue weighted by Gasteiger charge is -2.32. The lowest BCUT2D eigenvalue weighted by atomic mass is 9.77. The molecule has 0 spiro atoms. The van der Waals surface area contributed by atoms with E-state index in [0.717, 1.165) is 22.6 Å². The number of allylic oxidation sites excluding steroid dienone is 1. The fourth-order valence-electron chi connectivity index (χ4n) is 5.04. The summed E-state index contributed by atoms with van der Waals surface area (Å²) in [7, 11) is 1.25. The van der Waals surface area contributed by atoms with Crippen LogP contribution >= 0.6 is 0 Å². The first kappa shape index (κ1) is 24.7. The van der Waals surface area contributed by atoms with Gasteiger partial charge in [-0.1, -0.05) is 25.1 Å². The Balaban J connectivity index is 2.04. The van der Waals surface area contributed by atoms with Gasteiger partial charge in [-0.15, -0.1) is 0 Å². The number of nitro benzene ring substituents is 2. The van der Waals surface area contributed by atoms with Gasteiger partial charge in [0.2, 0.25) is 0 Å². The average Bonchev–Trinajstić information content (AvgIpc) is 2.86. The van der Waals surface area contributed by atoms with Crippen LogP contribution in [0.1, 0.15) is 24.0 Å². The minimum absolute atomic E-state index is 0.0251. The quantitative estimate of drug-likeness (QED) is 0.357. The van der Waals surface area contributed by atoms with E-state index in [4.69, 9.17) is 4.74 Å². The molecule has 2 aliphatic heterocycles. The Morgan fingerprint density at radius 3 is 2.25 bits per heavy atom. The Morgan fingerprint density at radius 1 is 1.06 bits per heavy atom. The number of rotatable bonds is 6. The molecule has 0 saturated carbocycles. The van der Waals surface area contributed by atoms with Crippen molar-refractivity contribution < 1.29 is 29.2 Å². The number of hydrogen-bond acceptors (Lipinski definition) is 9. The molecule has 36 heavy (non-hydrogen) atoms. The Labute approximate surface area is 205 Å². The number of morpholine rings is 1. The molecule has 2 aromatic carbocycles. The monoisotopic (exact) mass is 498 g/mol. The number of fused-ring (bicyclic) bond motifs is 1. The molecule has 13 heteroatoms. The fraction of sp³-hybridized carbons (Fsp3) is 0.348. The minimum Gasteiger partial charge on any atom is -0.490 e. The second-order valence-electron chi connectivity index (χ2n) is 8.56. The van der Waals surface area contributed by atoms with E-state index in [-0.39, 0.29) is 11.3 Å². The molecule has 0 aromatic heterocycles. The molecule has 0 bridgehead atoms. The van der Waals surface area contributed by atoms with E-state index >= 15 is 0 Å². The summed E-state index contributed by atoms with van der Waals surface area (Å²) in [6.45, 7) is 3.61. The zero-order valence-electron chi connectivity index (χ0n) is 19.6. The SMILES string of the molecule is CC(C(c1ccccc1)=[N+]1CCOCC1)C1C([N+](=O)[O-])=C(O)N(C)c2c1cc([N+](=O)[O-])cc2[N+](=O)[O-]. The van der Waals surface area contributed by atoms with Crippen molar-refractivity contribution in [3.05, 3.63) is 95.5 Å². The van der Waals surface area contributed by atoms with Gasteiger partial charge in [-0.05, 0) is 12.1 Å². The third-order valence-electron chi connectivity index (χ3n) is 6.57. The van der Waals surface area contributed by atoms with Crippen LogP contribution < -0.4 is 4.90 Å². The number of aliphatic hydroxyl groups excluding tert-OH is 1. The first-order valence-corrected chi connectivity index (χ1v) is 11.2. The zero-order valence-corrected chi connectivity index (χ0v) is 19.6. The molecule has 0 radical (unpaired) electrons. The number of nitro groups is 3. The van der Waals surface area contributed by atoms with Crippen molar-refractivity contribution in [1.82, 2.24) is 0 Å². The van der Waals surface area contributed by atoms with Gasteiger partial charge >= 0.3 is 5.70 Å². The van der Waals surface area contributed by atoms with Gasteiger partial charge in [-0.25, -0.2) is 4.58 Å². The molecule has 2 aromatic rings. The molecule has 1 N–H and O–H groups in total. The van der Waals surface area contributed by atoms with Crippen molar-refractivity contribution in [2.24, 2.45) is 5.92 Å². The van der Waals surface area contributed by atoms with Crippen molar-refractivity contribution in [3.8, 4) is 0 Å². The van der Waals surface area contributed by atoms with E-state index in [0.29, 0.717) is 32.0 Å². The second-order valence-corrected chi connectivity index (χ2v) is 8.56. The Kier molecular flexibility index (Phi) is 6.66. The molecule has 2 unspecified atom stereocenters. The average molecular weight is 498 g/mol. The summed E-state index contributed by atoms with van der Waals surface area (Å²) in [5.41, 5.74) is -0.399. The molecule has 188 valence electrons. The van der Waals surface area contributed by atoms with Crippen LogP contribution in [0.4, 0.5) is 17.1 Å². The highest BCUT2D eigenvalue weighted by Gasteiger charge is 2.49. The minimum atomic E-state index is -1.22. The van der Waals surface area contributed by atoms with Crippen molar-refractivity contribution in [2.45, 2.75) is 12.8 Å². The summed E-state index contributed by atoms with van der Waals surface area (Å²) in [4.78, 5) is 34.4. The summed E-state index contributed by atoms with van der Waals surface area (Å²) >= 11 is 0. The number of hydrogen-bond donors (Lipinski definition) is 1. The van der Waals surface area contributed by atoms with Crippen LogP contribution in [0.25, 0.3) is 0 Å². The van der Waals surface area contributed by atoms with Crippen LogP contribution in [0.3, 0.4) is 0 Å². The maximum absolute atomic E-state index is 12.3. The van der Waals surface area contributed by atoms with E-state index in [2.05, 4.69) is 0 Å². The molecular formula is C23H24N5O8+. The molecule has 4 rings (SSSR count). The highest BCUT2D eigenvalue weighted by Crippen LogP contribution is 2.50. The number of ether oxygens (including phenoxy) is 1. The number of anilines is 1. The maximum atomic E-state index is 12.3. The van der Waals surface area contributed by atoms with Gasteiger partial charge in [0.25, 0.3) is 17.3 Å². The predicted molar refractivity (Wildman–Crippen MR) is 128 cm³/mol. The van der Waals surface area contributed by atoms with Gasteiger partial charge in [-0.2, -0.15) is 0 Å². The predicted octanol–water partition coefficient (Wildman–Crippen LogP) is 3.21. The fourth-order valence-corrected chi connectivity index (χ4v) is 5.04. The molecule has 0 aliphatic carbocycles. The summed E-state index contributed by atoms with van der Waals surface area (Å²) in [5, 5.41) is 46.7. The van der Waals surface area contributed by atoms with Crippen LogP contribution in [-0.2, 0) is 4.74 Å². The smallest absolute Gasteiger partial charge is 0.313 e. The Morgan fingerprint density at radius 2 is 1.69 bits per heavy atom. The first-order valence-electron chi connectivity index (χ1n) is 11.2. The maximum Gasteiger partial charge on any atom is 0.313 e. The lowest BCUT2D eigenvalue weighted by molar-refractivity contribution is -0.551. The Bertz CT molecular complexity index is 1300. The van der Waals surface area contributed by atoms with E-state index in [1.54, 1.807) is 6.92 Å². The summed E-state index contributed by atoms with van der Waals surface area (Å²) in [5.74, 6) is -2.68. The number of non-ortho nitro benzene ring substituents is 1. The summed E-state index contributed by atoms with van der Waals surface area (Å²) < 4.78 is 7.50. The van der Waals surface area contributed by atoms with Crippen LogP contribution in [-0.4, -0.2) is 63.5 Å². The molecule has 2 atom stereocenters. The highest BCUT2D eigenvalue weighted by atomic mass is 16.6. The molecular weight excluding hydrogens is 474 g/mol. The van der Waals surface area contributed by atoms with Crippen molar-refractivity contribution in [1.29, 1.82) is 0 Å². The third kappa shape index (κ3) is 4.24. The van der Waals surface area contributed by atoms with Gasteiger partial charge in [0, 0.05) is 24.2 Å². The van der Waals surface area contributed by atoms with Gasteiger partial charge in [0.05, 0.1) is 32.7 Å². The highest BCUT2D eigenvalue weighted by molar-refractivity contribution is 5.99. The molecule has 13 nitrogen and oxygen atoms in total. The number of aliphatic hydroxyl groups is 1. The zero-order chi connectivity index (χ0) is 26.1. The summed E-state index contributed by atoms with van der Waals surface area (Å²) in [6.07, 6.45) is 0. The number of nitrogens with zero attached hydrogens (tertiary/aromatic N) is 5. The van der Waals surface area contributed by atoms with Crippen LogP contribution in [0.5, 0.6) is 0 Å². The molecule has 2 aliphatic rings. The number of benzene rings is 2. The van der Waals surface area contributed by atoms with Crippen molar-refractivity contribution >= 4 is 22.8 Å². The van der Waals surface area contributed by atoms with Gasteiger partial charge < -0.3 is 14.7 Å². The molecule has 2 heterocycles. The lowest BCUT2D eigenvalue weighted by Crippen LogP contribution is -2.40. The molecule has 1 saturated heterocycles. The van der Waals surface area contributed by atoms with E-state index in [9.17, 15) is 35.4 Å². The normalized spacial score (nSPS) is 18.4. The standard InChI is InChI=1S/C23H23N5O8/c1-14(20(15-6-4-3-5-7-15)25-8-10-36-11-9-25)19-17-12-16(26(30)31)13-18(27(32)33)21(17)24(2)23(29)22(19)28(34)35/h3-7,12-14,19H,8-11H2,1-2H3/p+1. The van der Waals surface area contributed by atoms with Gasteiger partial charge in [0.15, 0.2) is 18.8 Å². The molecule has 1 fully saturated rings. The van der Waals surface area contributed by atoms with Gasteiger partial charge in [-0.3, -0.25) is 30.3 Å². The van der Waals surface area contributed by atoms with Gasteiger partial charge in [0.1, 0.15) is 18.9 Å². The van der Waals surface area contributed by atoms with E-state index in [1.165, 1.54) is 7.05 Å². The second kappa shape index (κ2) is 9.70. The largest absolute Gasteiger partial charge is 0.490 e. The van der Waals surface area contributed by atoms with E-state index < -0.39 is 49.6 Å². The van der Waals surface area contributed by atoms with Crippen molar-refractivity contribution in [2.75, 3.05) is 38.3 Å². The summed E-state index contributed by atoms with van der Waals surface area (Å²) in [6, 6.07) is 11.1.